The van der Waals surface area contributed by atoms with Crippen LogP contribution in [0, 0.1) is 6.92 Å². The van der Waals surface area contributed by atoms with Crippen molar-refractivity contribution in [2.24, 2.45) is 7.05 Å². The van der Waals surface area contributed by atoms with Crippen molar-refractivity contribution in [3.63, 3.8) is 0 Å². The number of imidazole rings is 1. The minimum absolute atomic E-state index is 0.162. The summed E-state index contributed by atoms with van der Waals surface area (Å²) in [6, 6.07) is 0. The number of esters is 1. The molecule has 0 spiro atoms. The fourth-order valence-corrected chi connectivity index (χ4v) is 2.60. The number of rotatable bonds is 6. The lowest BCUT2D eigenvalue weighted by Crippen LogP contribution is -2.43. The Kier molecular flexibility index (Phi) is 5.02. The van der Waals surface area contributed by atoms with E-state index in [0.717, 1.165) is 6.42 Å². The number of aromatic nitrogens is 4. The van der Waals surface area contributed by atoms with Gasteiger partial charge in [0, 0.05) is 26.2 Å². The van der Waals surface area contributed by atoms with Crippen molar-refractivity contribution in [3.8, 4) is 0 Å². The molecule has 8 heteroatoms. The van der Waals surface area contributed by atoms with Crippen LogP contribution < -0.4 is 11.4 Å². The molecule has 8 nitrogen and oxygen atoms in total. The lowest BCUT2D eigenvalue weighted by Gasteiger charge is -2.12. The topological polar surface area (TPSA) is 87.6 Å². The monoisotopic (exact) mass is 322 g/mol. The summed E-state index contributed by atoms with van der Waals surface area (Å²) in [5.74, 6) is 0.0425. The number of aryl methyl sites for hydroxylation is 2. The Morgan fingerprint density at radius 2 is 2.00 bits per heavy atom. The van der Waals surface area contributed by atoms with Gasteiger partial charge in [0.25, 0.3) is 0 Å². The third-order valence-electron chi connectivity index (χ3n) is 3.77. The van der Waals surface area contributed by atoms with Crippen LogP contribution in [0.5, 0.6) is 0 Å². The normalized spacial score (nSPS) is 12.5. The first-order valence-corrected chi connectivity index (χ1v) is 7.64. The lowest BCUT2D eigenvalue weighted by molar-refractivity contribution is -0.145. The highest BCUT2D eigenvalue weighted by Crippen LogP contribution is 2.05. The van der Waals surface area contributed by atoms with Crippen LogP contribution in [0.15, 0.2) is 15.8 Å². The van der Waals surface area contributed by atoms with Crippen LogP contribution in [0.2, 0.25) is 0 Å². The molecular weight excluding hydrogens is 300 g/mol. The van der Waals surface area contributed by atoms with Crippen LogP contribution in [0.25, 0.3) is 5.78 Å². The molecule has 0 N–H and O–H groups in total. The second-order valence-corrected chi connectivity index (χ2v) is 5.73. The highest BCUT2D eigenvalue weighted by molar-refractivity contribution is 5.66. The summed E-state index contributed by atoms with van der Waals surface area (Å²) in [7, 11) is 1.60. The maximum Gasteiger partial charge on any atom is 0.339 e. The molecule has 0 bridgehead atoms. The van der Waals surface area contributed by atoms with E-state index in [0.29, 0.717) is 30.9 Å². The molecule has 23 heavy (non-hydrogen) atoms. The van der Waals surface area contributed by atoms with Gasteiger partial charge in [0.05, 0.1) is 12.3 Å². The average Bonchev–Trinajstić information content (AvgIpc) is 2.85. The Hall–Kier alpha value is -2.38. The van der Waals surface area contributed by atoms with E-state index in [1.54, 1.807) is 20.2 Å². The second-order valence-electron chi connectivity index (χ2n) is 5.73. The molecule has 0 aromatic carbocycles. The molecule has 0 saturated heterocycles. The van der Waals surface area contributed by atoms with Gasteiger partial charge in [0.1, 0.15) is 0 Å². The second kappa shape index (κ2) is 6.80. The molecule has 2 heterocycles. The lowest BCUT2D eigenvalue weighted by atomic mass is 10.2. The largest absolute Gasteiger partial charge is 0.463 e. The molecule has 0 saturated carbocycles. The molecule has 0 radical (unpaired) electrons. The quantitative estimate of drug-likeness (QED) is 0.575. The van der Waals surface area contributed by atoms with Gasteiger partial charge in [-0.25, -0.2) is 23.5 Å². The van der Waals surface area contributed by atoms with Crippen molar-refractivity contribution in [1.29, 1.82) is 0 Å². The standard InChI is InChI=1S/C15H22N4O4/c1-10-9-16-13-17(4)14(21)18(15(22)19(10)13)8-6-5-7-11(2)23-12(3)20/h9,11H,5-8H2,1-4H3/t11-/m0/s1. The van der Waals surface area contributed by atoms with Crippen molar-refractivity contribution in [2.75, 3.05) is 0 Å². The first kappa shape index (κ1) is 17.0. The van der Waals surface area contributed by atoms with Crippen LogP contribution in [0.4, 0.5) is 0 Å². The molecule has 0 amide bonds. The fourth-order valence-electron chi connectivity index (χ4n) is 2.60. The van der Waals surface area contributed by atoms with Gasteiger partial charge in [-0.15, -0.1) is 0 Å². The molecule has 0 aliphatic heterocycles. The number of hydrogen-bond acceptors (Lipinski definition) is 5. The maximum absolute atomic E-state index is 12.5. The summed E-state index contributed by atoms with van der Waals surface area (Å²) in [5, 5.41) is 0. The summed E-state index contributed by atoms with van der Waals surface area (Å²) in [4.78, 5) is 39.7. The van der Waals surface area contributed by atoms with Crippen LogP contribution in [-0.4, -0.2) is 30.6 Å². The Labute approximate surface area is 133 Å². The smallest absolute Gasteiger partial charge is 0.339 e. The van der Waals surface area contributed by atoms with E-state index in [9.17, 15) is 14.4 Å². The van der Waals surface area contributed by atoms with Crippen molar-refractivity contribution >= 4 is 11.7 Å². The van der Waals surface area contributed by atoms with Gasteiger partial charge in [-0.2, -0.15) is 0 Å². The number of carbonyl (C=O) groups is 1. The van der Waals surface area contributed by atoms with E-state index in [2.05, 4.69) is 4.98 Å². The molecule has 1 atom stereocenters. The first-order chi connectivity index (χ1) is 10.8. The molecule has 2 aromatic rings. The van der Waals surface area contributed by atoms with Gasteiger partial charge in [-0.05, 0) is 33.1 Å². The molecule has 126 valence electrons. The Morgan fingerprint density at radius 3 is 2.65 bits per heavy atom. The summed E-state index contributed by atoms with van der Waals surface area (Å²) >= 11 is 0. The Morgan fingerprint density at radius 1 is 1.30 bits per heavy atom. The van der Waals surface area contributed by atoms with Gasteiger partial charge >= 0.3 is 17.3 Å². The summed E-state index contributed by atoms with van der Waals surface area (Å²) in [6.45, 7) is 5.30. The number of ether oxygens (including phenoxy) is 1. The number of nitrogens with zero attached hydrogens (tertiary/aromatic N) is 4. The van der Waals surface area contributed by atoms with E-state index in [1.165, 1.54) is 20.5 Å². The third-order valence-corrected chi connectivity index (χ3v) is 3.77. The zero-order chi connectivity index (χ0) is 17.1. The summed E-state index contributed by atoms with van der Waals surface area (Å²) < 4.78 is 9.07. The minimum Gasteiger partial charge on any atom is -0.463 e. The zero-order valence-electron chi connectivity index (χ0n) is 13.9. The SMILES string of the molecule is CC(=O)O[C@@H](C)CCCCn1c(=O)n(C)c2ncc(C)n2c1=O. The summed E-state index contributed by atoms with van der Waals surface area (Å²) in [5.41, 5.74) is -0.0508. The molecule has 0 aliphatic carbocycles. The van der Waals surface area contributed by atoms with Crippen molar-refractivity contribution in [3.05, 3.63) is 32.9 Å². The molecule has 2 aromatic heterocycles. The minimum atomic E-state index is -0.374. The van der Waals surface area contributed by atoms with E-state index >= 15 is 0 Å². The molecule has 0 unspecified atom stereocenters. The number of fused-ring (bicyclic) bond motifs is 1. The summed E-state index contributed by atoms with van der Waals surface area (Å²) in [6.07, 6.45) is 3.51. The number of unbranched alkanes of at least 4 members (excludes halogenated alkanes) is 1. The van der Waals surface area contributed by atoms with Gasteiger partial charge in [-0.1, -0.05) is 0 Å². The zero-order valence-corrected chi connectivity index (χ0v) is 13.9. The number of carbonyl (C=O) groups excluding carboxylic acids is 1. The predicted octanol–water partition coefficient (Wildman–Crippen LogP) is 0.625. The molecule has 0 fully saturated rings. The van der Waals surface area contributed by atoms with Crippen LogP contribution in [0.1, 0.15) is 38.8 Å². The molecule has 0 aliphatic rings. The van der Waals surface area contributed by atoms with Crippen LogP contribution in [-0.2, 0) is 23.1 Å². The molecular formula is C15H22N4O4. The van der Waals surface area contributed by atoms with E-state index < -0.39 is 0 Å². The first-order valence-electron chi connectivity index (χ1n) is 7.64. The third kappa shape index (κ3) is 3.52. The van der Waals surface area contributed by atoms with Gasteiger partial charge in [-0.3, -0.25) is 9.36 Å². The predicted molar refractivity (Wildman–Crippen MR) is 84.5 cm³/mol. The van der Waals surface area contributed by atoms with Gasteiger partial charge < -0.3 is 4.74 Å². The maximum atomic E-state index is 12.5. The number of hydrogen-bond donors (Lipinski definition) is 0. The van der Waals surface area contributed by atoms with Crippen molar-refractivity contribution < 1.29 is 9.53 Å². The van der Waals surface area contributed by atoms with Crippen LogP contribution >= 0.6 is 0 Å². The van der Waals surface area contributed by atoms with Crippen LogP contribution in [0.3, 0.4) is 0 Å². The highest BCUT2D eigenvalue weighted by atomic mass is 16.5. The van der Waals surface area contributed by atoms with E-state index in [-0.39, 0.29) is 23.5 Å². The molecule has 2 rings (SSSR count). The highest BCUT2D eigenvalue weighted by Gasteiger charge is 2.13. The van der Waals surface area contributed by atoms with Gasteiger partial charge in [0.2, 0.25) is 5.78 Å². The van der Waals surface area contributed by atoms with Crippen molar-refractivity contribution in [1.82, 2.24) is 18.5 Å². The fraction of sp³-hybridized carbons (Fsp3) is 0.600. The Balaban J connectivity index is 2.12. The Bertz CT molecular complexity index is 830. The average molecular weight is 322 g/mol. The van der Waals surface area contributed by atoms with E-state index in [1.807, 2.05) is 6.92 Å². The van der Waals surface area contributed by atoms with Crippen molar-refractivity contribution in [2.45, 2.75) is 52.7 Å². The van der Waals surface area contributed by atoms with Gasteiger partial charge in [0.15, 0.2) is 0 Å². The van der Waals surface area contributed by atoms with E-state index in [4.69, 9.17) is 4.74 Å².